The monoisotopic (exact) mass is 435 g/mol. The Hall–Kier alpha value is -3.66. The van der Waals surface area contributed by atoms with Gasteiger partial charge in [-0.2, -0.15) is 5.26 Å². The van der Waals surface area contributed by atoms with Crippen LogP contribution < -0.4 is 10.0 Å². The normalized spacial score (nSPS) is 14.9. The molecule has 1 unspecified atom stereocenters. The molecule has 4 aromatic rings. The van der Waals surface area contributed by atoms with E-state index in [1.54, 1.807) is 18.0 Å². The number of aromatic nitrogens is 2. The molecule has 0 saturated heterocycles. The number of hydrogen-bond acceptors (Lipinski definition) is 6. The maximum Gasteiger partial charge on any atom is 0.0992 e. The molecule has 1 atom stereocenters. The van der Waals surface area contributed by atoms with Gasteiger partial charge in [-0.25, -0.2) is 0 Å². The van der Waals surface area contributed by atoms with Crippen molar-refractivity contribution in [3.63, 3.8) is 0 Å². The number of hydrogen-bond donors (Lipinski definition) is 2. The average Bonchev–Trinajstić information content (AvgIpc) is 2.85. The van der Waals surface area contributed by atoms with E-state index in [4.69, 9.17) is 0 Å². The Balaban J connectivity index is 1.47. The minimum atomic E-state index is 0.262. The van der Waals surface area contributed by atoms with E-state index in [9.17, 15) is 5.26 Å². The fourth-order valence-electron chi connectivity index (χ4n) is 4.07. The molecule has 2 aromatic carbocycles. The summed E-state index contributed by atoms with van der Waals surface area (Å²) >= 11 is 1.69. The van der Waals surface area contributed by atoms with E-state index in [1.807, 2.05) is 48.9 Å². The summed E-state index contributed by atoms with van der Waals surface area (Å²) in [5.74, 6) is 0.262. The third-order valence-corrected chi connectivity index (χ3v) is 6.50. The van der Waals surface area contributed by atoms with E-state index < -0.39 is 0 Å². The molecular formula is C26H21N5S. The van der Waals surface area contributed by atoms with Gasteiger partial charge in [-0.15, -0.1) is 0 Å². The first-order valence-electron chi connectivity index (χ1n) is 10.4. The summed E-state index contributed by atoms with van der Waals surface area (Å²) in [6.45, 7) is 0.868. The van der Waals surface area contributed by atoms with E-state index in [2.05, 4.69) is 56.4 Å². The van der Waals surface area contributed by atoms with Gasteiger partial charge in [0.2, 0.25) is 0 Å². The van der Waals surface area contributed by atoms with Crippen molar-refractivity contribution in [2.24, 2.45) is 0 Å². The number of benzene rings is 2. The van der Waals surface area contributed by atoms with Crippen LogP contribution in [0, 0.1) is 11.3 Å². The Kier molecular flexibility index (Phi) is 5.84. The van der Waals surface area contributed by atoms with Gasteiger partial charge in [-0.1, -0.05) is 24.3 Å². The third-order valence-electron chi connectivity index (χ3n) is 5.60. The van der Waals surface area contributed by atoms with Crippen molar-refractivity contribution in [1.29, 1.82) is 5.26 Å². The molecule has 1 aliphatic heterocycles. The predicted molar refractivity (Wildman–Crippen MR) is 128 cm³/mol. The van der Waals surface area contributed by atoms with E-state index in [1.165, 1.54) is 16.0 Å². The molecular weight excluding hydrogens is 414 g/mol. The highest BCUT2D eigenvalue weighted by Gasteiger charge is 2.24. The molecule has 2 N–H and O–H groups in total. The molecule has 0 fully saturated rings. The number of anilines is 2. The molecule has 6 heteroatoms. The first kappa shape index (κ1) is 20.3. The van der Waals surface area contributed by atoms with Gasteiger partial charge in [-0.05, 0) is 71.1 Å². The van der Waals surface area contributed by atoms with Gasteiger partial charge in [-0.3, -0.25) is 14.7 Å². The fraction of sp³-hybridized carbons (Fsp3) is 0.115. The van der Waals surface area contributed by atoms with Crippen molar-refractivity contribution < 1.29 is 0 Å². The van der Waals surface area contributed by atoms with Crippen LogP contribution in [-0.4, -0.2) is 16.5 Å². The van der Waals surface area contributed by atoms with Gasteiger partial charge in [0, 0.05) is 48.1 Å². The first-order chi connectivity index (χ1) is 15.8. The Morgan fingerprint density at radius 1 is 1.03 bits per heavy atom. The van der Waals surface area contributed by atoms with Crippen LogP contribution >= 0.6 is 11.9 Å². The summed E-state index contributed by atoms with van der Waals surface area (Å²) in [5, 5.41) is 12.6. The van der Waals surface area contributed by atoms with Gasteiger partial charge >= 0.3 is 0 Å². The third kappa shape index (κ3) is 4.22. The highest BCUT2D eigenvalue weighted by atomic mass is 32.2. The quantitative estimate of drug-likeness (QED) is 0.408. The average molecular weight is 436 g/mol. The molecule has 3 heterocycles. The second-order valence-electron chi connectivity index (χ2n) is 7.61. The van der Waals surface area contributed by atoms with Gasteiger partial charge in [0.25, 0.3) is 0 Å². The summed E-state index contributed by atoms with van der Waals surface area (Å²) in [6, 6.07) is 24.3. The van der Waals surface area contributed by atoms with Crippen molar-refractivity contribution in [1.82, 2.24) is 14.7 Å². The number of nitriles is 1. The van der Waals surface area contributed by atoms with Crippen LogP contribution in [0.2, 0.25) is 0 Å². The molecule has 0 aliphatic carbocycles. The topological polar surface area (TPSA) is 73.6 Å². The molecule has 0 amide bonds. The van der Waals surface area contributed by atoms with Crippen LogP contribution in [0.25, 0.3) is 0 Å². The predicted octanol–water partition coefficient (Wildman–Crippen LogP) is 5.42. The fourth-order valence-corrected chi connectivity index (χ4v) is 4.95. The molecule has 32 heavy (non-hydrogen) atoms. The summed E-state index contributed by atoms with van der Waals surface area (Å²) < 4.78 is 3.48. The van der Waals surface area contributed by atoms with Crippen LogP contribution in [0.3, 0.4) is 0 Å². The van der Waals surface area contributed by atoms with Crippen LogP contribution in [0.15, 0.2) is 90.2 Å². The highest BCUT2D eigenvalue weighted by molar-refractivity contribution is 7.97. The lowest BCUT2D eigenvalue weighted by Gasteiger charge is -2.27. The Labute approximate surface area is 191 Å². The lowest BCUT2D eigenvalue weighted by Crippen LogP contribution is -2.23. The number of nitrogens with zero attached hydrogens (tertiary/aromatic N) is 3. The zero-order valence-corrected chi connectivity index (χ0v) is 18.1. The van der Waals surface area contributed by atoms with Crippen LogP contribution in [-0.2, 0) is 6.42 Å². The molecule has 2 aromatic heterocycles. The maximum atomic E-state index is 9.20. The molecule has 1 aliphatic rings. The smallest absolute Gasteiger partial charge is 0.0992 e. The zero-order valence-electron chi connectivity index (χ0n) is 17.3. The van der Waals surface area contributed by atoms with Gasteiger partial charge in [0.15, 0.2) is 0 Å². The second kappa shape index (κ2) is 9.23. The molecule has 5 nitrogen and oxygen atoms in total. The van der Waals surface area contributed by atoms with Gasteiger partial charge in [0.05, 0.1) is 23.0 Å². The number of pyridine rings is 2. The first-order valence-corrected chi connectivity index (χ1v) is 11.3. The van der Waals surface area contributed by atoms with E-state index >= 15 is 0 Å². The van der Waals surface area contributed by atoms with E-state index in [0.29, 0.717) is 12.0 Å². The minimum Gasteiger partial charge on any atom is -0.354 e. The number of nitrogens with one attached hydrogen (secondary N) is 2. The van der Waals surface area contributed by atoms with Crippen molar-refractivity contribution in [3.8, 4) is 6.07 Å². The van der Waals surface area contributed by atoms with Crippen LogP contribution in [0.4, 0.5) is 11.4 Å². The Morgan fingerprint density at radius 3 is 2.91 bits per heavy atom. The van der Waals surface area contributed by atoms with Gasteiger partial charge < -0.3 is 5.32 Å². The largest absolute Gasteiger partial charge is 0.354 e. The second-order valence-corrected chi connectivity index (χ2v) is 8.54. The van der Waals surface area contributed by atoms with Crippen molar-refractivity contribution in [2.45, 2.75) is 17.2 Å². The molecule has 0 spiro atoms. The lowest BCUT2D eigenvalue weighted by molar-refractivity contribution is 0.738. The minimum absolute atomic E-state index is 0.262. The maximum absolute atomic E-state index is 9.20. The molecule has 0 bridgehead atoms. The SMILES string of the molecule is N#Cc1cccc(Nc2cccnc2Cc2cnccc2C2CNSc3ccccc32)c1. The van der Waals surface area contributed by atoms with Gasteiger partial charge in [0.1, 0.15) is 0 Å². The number of rotatable bonds is 5. The molecule has 0 radical (unpaired) electrons. The van der Waals surface area contributed by atoms with Crippen molar-refractivity contribution in [2.75, 3.05) is 11.9 Å². The van der Waals surface area contributed by atoms with Crippen LogP contribution in [0.1, 0.15) is 33.9 Å². The highest BCUT2D eigenvalue weighted by Crippen LogP contribution is 2.37. The van der Waals surface area contributed by atoms with E-state index in [-0.39, 0.29) is 5.92 Å². The van der Waals surface area contributed by atoms with Crippen LogP contribution in [0.5, 0.6) is 0 Å². The van der Waals surface area contributed by atoms with Crippen molar-refractivity contribution >= 4 is 23.3 Å². The van der Waals surface area contributed by atoms with E-state index in [0.717, 1.165) is 29.2 Å². The zero-order chi connectivity index (χ0) is 21.8. The standard InChI is InChI=1S/C26H21N5S/c27-15-18-5-3-6-20(13-18)31-24-8-4-11-29-25(24)14-19-16-28-12-10-21(19)23-17-30-32-26-9-2-1-7-22(23)26/h1-13,16,23,30-31H,14,17H2. The summed E-state index contributed by atoms with van der Waals surface area (Å²) in [7, 11) is 0. The Morgan fingerprint density at radius 2 is 1.97 bits per heavy atom. The summed E-state index contributed by atoms with van der Waals surface area (Å²) in [5.41, 5.74) is 7.13. The van der Waals surface area contributed by atoms with Crippen molar-refractivity contribution in [3.05, 3.63) is 113 Å². The molecule has 0 saturated carbocycles. The summed E-state index contributed by atoms with van der Waals surface area (Å²) in [4.78, 5) is 10.4. The molecule has 156 valence electrons. The molecule has 5 rings (SSSR count). The summed E-state index contributed by atoms with van der Waals surface area (Å²) in [6.07, 6.45) is 6.30. The number of fused-ring (bicyclic) bond motifs is 1. The lowest BCUT2D eigenvalue weighted by atomic mass is 9.87. The Bertz CT molecular complexity index is 1300.